The molecule has 0 amide bonds. The molecule has 9 nitrogen and oxygen atoms in total. The molecule has 0 atom stereocenters. The average Bonchev–Trinajstić information content (AvgIpc) is 1.86. The van der Waals surface area contributed by atoms with Crippen LogP contribution in [0, 0.1) is 0 Å². The van der Waals surface area contributed by atoms with Gasteiger partial charge in [-0.15, -0.1) is 8.67 Å². The summed E-state index contributed by atoms with van der Waals surface area (Å²) in [5.74, 6) is 0. The molecule has 0 saturated carbocycles. The topological polar surface area (TPSA) is 169 Å². The van der Waals surface area contributed by atoms with Gasteiger partial charge >= 0.3 is 41.6 Å². The van der Waals surface area contributed by atoms with Crippen LogP contribution < -0.4 is 6.15 Å². The van der Waals surface area contributed by atoms with E-state index in [4.69, 9.17) is 0 Å². The zero-order chi connectivity index (χ0) is 10.4. The Morgan fingerprint density at radius 1 is 0.929 bits per heavy atom. The molecular formula is H4CuNNiO8S3+. The van der Waals surface area contributed by atoms with Crippen LogP contribution >= 0.6 is 10.7 Å². The van der Waals surface area contributed by atoms with E-state index in [-0.39, 0.29) is 23.2 Å². The molecule has 0 aliphatic rings. The van der Waals surface area contributed by atoms with Crippen molar-refractivity contribution < 1.29 is 65.5 Å². The molecule has 0 bridgehead atoms. The molecule has 0 spiro atoms. The molecule has 14 heteroatoms. The third-order valence-electron chi connectivity index (χ3n) is 0.194. The van der Waals surface area contributed by atoms with Crippen molar-refractivity contribution in [3.05, 3.63) is 0 Å². The Labute approximate surface area is 103 Å². The van der Waals surface area contributed by atoms with Crippen molar-refractivity contribution >= 4 is 31.5 Å². The van der Waals surface area contributed by atoms with Crippen LogP contribution in [0.15, 0.2) is 0 Å². The number of hydrogen-bond donors (Lipinski definition) is 1. The zero-order valence-corrected chi connectivity index (χ0v) is 10.5. The quantitative estimate of drug-likeness (QED) is 0.214. The molecule has 4 N–H and O–H groups in total. The van der Waals surface area contributed by atoms with E-state index in [1.165, 1.54) is 0 Å². The summed E-state index contributed by atoms with van der Waals surface area (Å²) in [5.41, 5.74) is 0. The summed E-state index contributed by atoms with van der Waals surface area (Å²) in [4.78, 5) is 0. The van der Waals surface area contributed by atoms with Gasteiger partial charge < -0.3 is 15.3 Å². The molecule has 0 rings (SSSR count). The van der Waals surface area contributed by atoms with Crippen LogP contribution in [0.2, 0.25) is 0 Å². The maximum absolute atomic E-state index is 9.37. The van der Waals surface area contributed by atoms with Gasteiger partial charge in [-0.05, 0) is 0 Å². The summed E-state index contributed by atoms with van der Waals surface area (Å²) in [6, 6.07) is 0. The molecule has 0 aromatic heterocycles. The van der Waals surface area contributed by atoms with Gasteiger partial charge in [0.05, 0.1) is 0 Å². The standard InChI is InChI=1S/Cu.H3N.Ni.H2O8S2.S/c;;;1-9(2,3)7-8-10(4,5)6;/h;1H3;;(H,1,2,3)(H,4,5,6);/q+2;;;;/p-1. The molecule has 0 aromatic rings. The van der Waals surface area contributed by atoms with E-state index in [9.17, 15) is 25.9 Å². The summed E-state index contributed by atoms with van der Waals surface area (Å²) in [5, 5.41) is 0. The van der Waals surface area contributed by atoms with Crippen molar-refractivity contribution in [1.29, 1.82) is 0 Å². The third-order valence-corrected chi connectivity index (χ3v) is 0.750. The monoisotopic (exact) mass is 363 g/mol. The summed E-state index contributed by atoms with van der Waals surface area (Å²) in [6.07, 6.45) is 0. The summed E-state index contributed by atoms with van der Waals surface area (Å²) >= 11 is 3.46. The fourth-order valence-electron chi connectivity index (χ4n) is 0.0680. The molecule has 0 heterocycles. The van der Waals surface area contributed by atoms with E-state index >= 15 is 0 Å². The summed E-state index contributed by atoms with van der Waals surface area (Å²) < 4.78 is 61.5. The van der Waals surface area contributed by atoms with Gasteiger partial charge in [-0.2, -0.15) is 0 Å². The van der Waals surface area contributed by atoms with Gasteiger partial charge in [0.1, 0.15) is 0 Å². The average molecular weight is 364 g/mol. The van der Waals surface area contributed by atoms with Gasteiger partial charge in [0.2, 0.25) is 20.8 Å². The van der Waals surface area contributed by atoms with Crippen molar-refractivity contribution in [2.75, 3.05) is 0 Å². The first-order valence-electron chi connectivity index (χ1n) is 1.63. The Morgan fingerprint density at radius 2 is 1.07 bits per heavy atom. The van der Waals surface area contributed by atoms with Gasteiger partial charge in [0.15, 0.2) is 0 Å². The second-order valence-corrected chi connectivity index (χ2v) is 2.86. The zero-order valence-electron chi connectivity index (χ0n) is 6.11. The molecule has 0 unspecified atom stereocenters. The summed E-state index contributed by atoms with van der Waals surface area (Å²) in [7, 11) is -6.91. The van der Waals surface area contributed by atoms with Crippen molar-refractivity contribution in [1.82, 2.24) is 6.15 Å². The van der Waals surface area contributed by atoms with E-state index in [2.05, 4.69) is 33.2 Å². The van der Waals surface area contributed by atoms with Gasteiger partial charge in [0, 0.05) is 0 Å². The second-order valence-electron chi connectivity index (χ2n) is 0.953. The molecular weight excluding hydrogens is 360 g/mol. The van der Waals surface area contributed by atoms with Crippen LogP contribution in [0.4, 0.5) is 0 Å². The van der Waals surface area contributed by atoms with Gasteiger partial charge in [-0.1, -0.05) is 0 Å². The van der Waals surface area contributed by atoms with E-state index in [0.717, 1.165) is 0 Å². The van der Waals surface area contributed by atoms with Crippen molar-refractivity contribution in [2.45, 2.75) is 0 Å². The van der Waals surface area contributed by atoms with E-state index in [1.54, 1.807) is 0 Å². The molecule has 95 valence electrons. The Kier molecular flexibility index (Phi) is 18.1. The minimum absolute atomic E-state index is 0. The van der Waals surface area contributed by atoms with Crippen LogP contribution in [0.3, 0.4) is 0 Å². The van der Waals surface area contributed by atoms with Gasteiger partial charge in [-0.25, -0.2) is 16.8 Å². The van der Waals surface area contributed by atoms with Crippen molar-refractivity contribution in [2.24, 2.45) is 0 Å². The van der Waals surface area contributed by atoms with Gasteiger partial charge in [-0.3, -0.25) is 0 Å². The summed E-state index contributed by atoms with van der Waals surface area (Å²) in [6.45, 7) is 0. The molecule has 1 radical (unpaired) electrons. The van der Waals surface area contributed by atoms with E-state index in [1.807, 2.05) is 0 Å². The number of hydrogen-bond acceptors (Lipinski definition) is 9. The first-order chi connectivity index (χ1) is 5.21. The fourth-order valence-corrected chi connectivity index (χ4v) is 0.612. The van der Waals surface area contributed by atoms with Crippen LogP contribution in [0.5, 0.6) is 0 Å². The Morgan fingerprint density at radius 3 is 1.14 bits per heavy atom. The maximum atomic E-state index is 9.37. The molecule has 0 saturated heterocycles. The SMILES string of the molecule is O=S(=O)([O-])OOS(=O)(=O)[O-].[Cu+2].[NH4+].[S]=[Ni]. The molecule has 0 aliphatic heterocycles. The Hall–Kier alpha value is 0.933. The van der Waals surface area contributed by atoms with Crippen molar-refractivity contribution in [3.8, 4) is 0 Å². The number of quaternary nitrogens is 1. The van der Waals surface area contributed by atoms with Crippen LogP contribution in [0.25, 0.3) is 0 Å². The second kappa shape index (κ2) is 10.5. The van der Waals surface area contributed by atoms with Crippen LogP contribution in [0.1, 0.15) is 0 Å². The van der Waals surface area contributed by atoms with E-state index < -0.39 is 20.8 Å². The van der Waals surface area contributed by atoms with Crippen molar-refractivity contribution in [3.63, 3.8) is 0 Å². The predicted molar refractivity (Wildman–Crippen MR) is 35.1 cm³/mol. The van der Waals surface area contributed by atoms with Crippen LogP contribution in [-0.2, 0) is 60.4 Å². The predicted octanol–water partition coefficient (Wildman–Crippen LogP) is -1.13. The number of rotatable bonds is 3. The van der Waals surface area contributed by atoms with Crippen LogP contribution in [-0.4, -0.2) is 25.9 Å². The van der Waals surface area contributed by atoms with Gasteiger partial charge in [0.25, 0.3) is 0 Å². The fraction of sp³-hybridized carbons (Fsp3) is 0. The first kappa shape index (κ1) is 24.3. The Balaban J connectivity index is -0.000000117. The third kappa shape index (κ3) is 29.3. The molecule has 14 heavy (non-hydrogen) atoms. The minimum atomic E-state index is -5.31. The normalized spacial score (nSPS) is 10.0. The Bertz CT molecular complexity index is 273. The molecule has 0 fully saturated rings. The molecule has 0 aliphatic carbocycles. The molecule has 0 aromatic carbocycles. The first-order valence-corrected chi connectivity index (χ1v) is 5.76. The van der Waals surface area contributed by atoms with E-state index in [0.29, 0.717) is 0 Å².